The van der Waals surface area contributed by atoms with Crippen molar-refractivity contribution in [3.05, 3.63) is 54.6 Å². The van der Waals surface area contributed by atoms with E-state index >= 15 is 0 Å². The molecule has 0 saturated carbocycles. The smallest absolute Gasteiger partial charge is 0.265 e. The molecule has 2 aromatic rings. The second-order valence-electron chi connectivity index (χ2n) is 6.81. The van der Waals surface area contributed by atoms with Crippen molar-refractivity contribution in [3.8, 4) is 5.75 Å². The summed E-state index contributed by atoms with van der Waals surface area (Å²) in [6.07, 6.45) is 2.23. The lowest BCUT2D eigenvalue weighted by Crippen LogP contribution is -2.52. The summed E-state index contributed by atoms with van der Waals surface area (Å²) in [4.78, 5) is 14.9. The molecule has 1 amide bonds. The number of likely N-dealkylation sites (tertiary alicyclic amines) is 1. The first kappa shape index (κ1) is 17.9. The third-order valence-corrected chi connectivity index (χ3v) is 6.80. The first-order valence-corrected chi connectivity index (χ1v) is 10.6. The molecule has 4 rings (SSSR count). The van der Waals surface area contributed by atoms with E-state index in [0.717, 1.165) is 19.3 Å². The Morgan fingerprint density at radius 1 is 0.926 bits per heavy atom. The molecule has 1 atom stereocenters. The Morgan fingerprint density at radius 2 is 1.59 bits per heavy atom. The summed E-state index contributed by atoms with van der Waals surface area (Å²) in [5.74, 6) is 0.274. The summed E-state index contributed by atoms with van der Waals surface area (Å²) >= 11 is 0. The largest absolute Gasteiger partial charge is 0.476 e. The van der Waals surface area contributed by atoms with Crippen molar-refractivity contribution in [3.63, 3.8) is 0 Å². The number of benzene rings is 2. The van der Waals surface area contributed by atoms with Crippen molar-refractivity contribution in [1.29, 1.82) is 0 Å². The molecule has 0 spiro atoms. The fourth-order valence-electron chi connectivity index (χ4n) is 3.60. The van der Waals surface area contributed by atoms with Crippen LogP contribution in [0.3, 0.4) is 0 Å². The number of anilines is 1. The Labute approximate surface area is 159 Å². The van der Waals surface area contributed by atoms with Crippen LogP contribution in [-0.4, -0.2) is 45.0 Å². The van der Waals surface area contributed by atoms with Crippen molar-refractivity contribution in [2.75, 3.05) is 23.9 Å². The van der Waals surface area contributed by atoms with E-state index in [1.54, 1.807) is 59.5 Å². The molecular formula is C20H22N2O4S. The average molecular weight is 386 g/mol. The third-order valence-electron chi connectivity index (χ3n) is 5.01. The number of piperidine rings is 1. The first-order valence-electron chi connectivity index (χ1n) is 9.19. The molecule has 0 unspecified atom stereocenters. The van der Waals surface area contributed by atoms with Crippen LogP contribution in [0.1, 0.15) is 19.3 Å². The summed E-state index contributed by atoms with van der Waals surface area (Å²) in [6, 6.07) is 15.2. The molecule has 6 nitrogen and oxygen atoms in total. The van der Waals surface area contributed by atoms with Crippen LogP contribution >= 0.6 is 0 Å². The van der Waals surface area contributed by atoms with Crippen molar-refractivity contribution in [2.24, 2.45) is 0 Å². The lowest BCUT2D eigenvalue weighted by Gasteiger charge is -2.37. The predicted octanol–water partition coefficient (Wildman–Crippen LogP) is 2.66. The number of para-hydroxylation sites is 2. The number of nitrogens with zero attached hydrogens (tertiary/aromatic N) is 2. The minimum atomic E-state index is -3.79. The predicted molar refractivity (Wildman–Crippen MR) is 102 cm³/mol. The monoisotopic (exact) mass is 386 g/mol. The van der Waals surface area contributed by atoms with Crippen LogP contribution in [0.15, 0.2) is 59.5 Å². The van der Waals surface area contributed by atoms with Gasteiger partial charge in [-0.2, -0.15) is 0 Å². The molecule has 2 aliphatic rings. The maximum absolute atomic E-state index is 13.2. The topological polar surface area (TPSA) is 66.9 Å². The summed E-state index contributed by atoms with van der Waals surface area (Å²) in [6.45, 7) is 1.38. The SMILES string of the molecule is O=C([C@@H]1CN(S(=O)(=O)c2ccccc2)c2ccccc2O1)N1CCCCC1. The summed E-state index contributed by atoms with van der Waals surface area (Å²) < 4.78 is 33.7. The van der Waals surface area contributed by atoms with Gasteiger partial charge in [0.05, 0.1) is 17.1 Å². The maximum Gasteiger partial charge on any atom is 0.265 e. The molecule has 0 N–H and O–H groups in total. The molecule has 2 aliphatic heterocycles. The number of amides is 1. The lowest BCUT2D eigenvalue weighted by atomic mass is 10.1. The van der Waals surface area contributed by atoms with E-state index in [4.69, 9.17) is 4.74 Å². The van der Waals surface area contributed by atoms with Crippen LogP contribution in [0.25, 0.3) is 0 Å². The van der Waals surface area contributed by atoms with E-state index in [9.17, 15) is 13.2 Å². The molecule has 0 aliphatic carbocycles. The average Bonchev–Trinajstić information content (AvgIpc) is 2.73. The number of fused-ring (bicyclic) bond motifs is 1. The van der Waals surface area contributed by atoms with E-state index in [1.165, 1.54) is 4.31 Å². The van der Waals surface area contributed by atoms with Crippen LogP contribution in [0, 0.1) is 0 Å². The summed E-state index contributed by atoms with van der Waals surface area (Å²) in [5, 5.41) is 0. The van der Waals surface area contributed by atoms with Crippen molar-refractivity contribution >= 4 is 21.6 Å². The lowest BCUT2D eigenvalue weighted by molar-refractivity contribution is -0.139. The highest BCUT2D eigenvalue weighted by atomic mass is 32.2. The van der Waals surface area contributed by atoms with Gasteiger partial charge in [-0.05, 0) is 43.5 Å². The number of rotatable bonds is 3. The van der Waals surface area contributed by atoms with Crippen molar-refractivity contribution < 1.29 is 17.9 Å². The van der Waals surface area contributed by atoms with Gasteiger partial charge in [0.25, 0.3) is 15.9 Å². The number of sulfonamides is 1. The first-order chi connectivity index (χ1) is 13.1. The zero-order valence-electron chi connectivity index (χ0n) is 15.0. The van der Waals surface area contributed by atoms with Crippen LogP contribution in [0.2, 0.25) is 0 Å². The Kier molecular flexibility index (Phi) is 4.78. The van der Waals surface area contributed by atoms with Gasteiger partial charge in [-0.1, -0.05) is 30.3 Å². The molecule has 142 valence electrons. The van der Waals surface area contributed by atoms with Crippen LogP contribution in [-0.2, 0) is 14.8 Å². The summed E-state index contributed by atoms with van der Waals surface area (Å²) in [5.41, 5.74) is 0.462. The van der Waals surface area contributed by atoms with E-state index in [1.807, 2.05) is 0 Å². The zero-order chi connectivity index (χ0) is 18.9. The van der Waals surface area contributed by atoms with Gasteiger partial charge < -0.3 is 9.64 Å². The Balaban J connectivity index is 1.69. The Morgan fingerprint density at radius 3 is 2.33 bits per heavy atom. The molecule has 0 bridgehead atoms. The molecule has 1 saturated heterocycles. The summed E-state index contributed by atoms with van der Waals surface area (Å²) in [7, 11) is -3.79. The van der Waals surface area contributed by atoms with Gasteiger partial charge in [-0.15, -0.1) is 0 Å². The fourth-order valence-corrected chi connectivity index (χ4v) is 5.09. The van der Waals surface area contributed by atoms with Crippen LogP contribution in [0.5, 0.6) is 5.75 Å². The Bertz CT molecular complexity index is 924. The highest BCUT2D eigenvalue weighted by Crippen LogP contribution is 2.37. The molecule has 0 radical (unpaired) electrons. The number of carbonyl (C=O) groups is 1. The van der Waals surface area contributed by atoms with Gasteiger partial charge in [0, 0.05) is 13.1 Å². The van der Waals surface area contributed by atoms with Gasteiger partial charge in [0.1, 0.15) is 5.75 Å². The maximum atomic E-state index is 13.2. The fraction of sp³-hybridized carbons (Fsp3) is 0.350. The molecule has 0 aromatic heterocycles. The Hall–Kier alpha value is -2.54. The number of hydrogen-bond acceptors (Lipinski definition) is 4. The van der Waals surface area contributed by atoms with Crippen LogP contribution in [0.4, 0.5) is 5.69 Å². The highest BCUT2D eigenvalue weighted by molar-refractivity contribution is 7.92. The molecule has 27 heavy (non-hydrogen) atoms. The van der Waals surface area contributed by atoms with Crippen LogP contribution < -0.4 is 9.04 Å². The molecule has 2 aromatic carbocycles. The molecule has 2 heterocycles. The van der Waals surface area contributed by atoms with E-state index in [2.05, 4.69) is 0 Å². The molecule has 1 fully saturated rings. The second kappa shape index (κ2) is 7.23. The second-order valence-corrected chi connectivity index (χ2v) is 8.67. The van der Waals surface area contributed by atoms with Crippen molar-refractivity contribution in [2.45, 2.75) is 30.3 Å². The molecule has 7 heteroatoms. The quantitative estimate of drug-likeness (QED) is 0.813. The van der Waals surface area contributed by atoms with Gasteiger partial charge >= 0.3 is 0 Å². The van der Waals surface area contributed by atoms with E-state index in [-0.39, 0.29) is 17.3 Å². The number of carbonyl (C=O) groups excluding carboxylic acids is 1. The zero-order valence-corrected chi connectivity index (χ0v) is 15.8. The van der Waals surface area contributed by atoms with Gasteiger partial charge in [0.15, 0.2) is 6.10 Å². The van der Waals surface area contributed by atoms with E-state index < -0.39 is 16.1 Å². The van der Waals surface area contributed by atoms with E-state index in [0.29, 0.717) is 24.5 Å². The minimum Gasteiger partial charge on any atom is -0.476 e. The third kappa shape index (κ3) is 3.39. The molecular weight excluding hydrogens is 364 g/mol. The minimum absolute atomic E-state index is 0.0242. The van der Waals surface area contributed by atoms with Gasteiger partial charge in [0.2, 0.25) is 0 Å². The number of hydrogen-bond donors (Lipinski definition) is 0. The van der Waals surface area contributed by atoms with Crippen molar-refractivity contribution in [1.82, 2.24) is 4.90 Å². The van der Waals surface area contributed by atoms with Gasteiger partial charge in [-0.25, -0.2) is 8.42 Å². The number of ether oxygens (including phenoxy) is 1. The highest BCUT2D eigenvalue weighted by Gasteiger charge is 2.39. The normalized spacial score (nSPS) is 19.9. The van der Waals surface area contributed by atoms with Gasteiger partial charge in [-0.3, -0.25) is 9.10 Å². The standard InChI is InChI=1S/C20H22N2O4S/c23-20(21-13-7-2-8-14-21)19-15-22(17-11-5-6-12-18(17)26-19)27(24,25)16-9-3-1-4-10-16/h1,3-6,9-12,19H,2,7-8,13-15H2/t19-/m0/s1.